The molecule has 23 heavy (non-hydrogen) atoms. The van der Waals surface area contributed by atoms with Gasteiger partial charge in [0.15, 0.2) is 0 Å². The number of aromatic amines is 1. The molecule has 122 valence electrons. The van der Waals surface area contributed by atoms with E-state index >= 15 is 0 Å². The van der Waals surface area contributed by atoms with Crippen LogP contribution in [0.4, 0.5) is 10.7 Å². The molecule has 0 spiro atoms. The van der Waals surface area contributed by atoms with Crippen molar-refractivity contribution in [1.82, 2.24) is 24.6 Å². The van der Waals surface area contributed by atoms with Crippen molar-refractivity contribution in [3.8, 4) is 0 Å². The lowest BCUT2D eigenvalue weighted by Gasteiger charge is -2.23. The summed E-state index contributed by atoms with van der Waals surface area (Å²) in [4.78, 5) is 32.6. The molecule has 9 nitrogen and oxygen atoms in total. The molecule has 0 aromatic carbocycles. The van der Waals surface area contributed by atoms with Crippen molar-refractivity contribution in [3.05, 3.63) is 28.8 Å². The number of nitrogens with one attached hydrogen (secondary N) is 2. The van der Waals surface area contributed by atoms with E-state index < -0.39 is 6.03 Å². The predicted octanol–water partition coefficient (Wildman–Crippen LogP) is 0.624. The number of nitrogens with two attached hydrogens (primary N) is 1. The van der Waals surface area contributed by atoms with Gasteiger partial charge in [0.2, 0.25) is 5.95 Å². The molecule has 0 unspecified atom stereocenters. The van der Waals surface area contributed by atoms with Gasteiger partial charge < -0.3 is 15.6 Å². The fourth-order valence-corrected chi connectivity index (χ4v) is 2.68. The van der Waals surface area contributed by atoms with Gasteiger partial charge in [-0.2, -0.15) is 5.10 Å². The lowest BCUT2D eigenvalue weighted by molar-refractivity contribution is 0.101. The highest BCUT2D eigenvalue weighted by molar-refractivity contribution is 6.02. The summed E-state index contributed by atoms with van der Waals surface area (Å²) >= 11 is 0. The molecule has 0 bridgehead atoms. The number of fused-ring (bicyclic) bond motifs is 1. The van der Waals surface area contributed by atoms with Gasteiger partial charge in [0.05, 0.1) is 17.9 Å². The van der Waals surface area contributed by atoms with E-state index in [0.29, 0.717) is 37.7 Å². The number of anilines is 1. The fraction of sp³-hybridized carbons (Fsp3) is 0.429. The Morgan fingerprint density at radius 2 is 2.26 bits per heavy atom. The van der Waals surface area contributed by atoms with Crippen LogP contribution in [0.2, 0.25) is 0 Å². The van der Waals surface area contributed by atoms with Gasteiger partial charge in [-0.15, -0.1) is 0 Å². The first-order chi connectivity index (χ1) is 11.0. The van der Waals surface area contributed by atoms with Crippen LogP contribution in [-0.4, -0.2) is 43.1 Å². The van der Waals surface area contributed by atoms with Gasteiger partial charge in [-0.3, -0.25) is 14.8 Å². The lowest BCUT2D eigenvalue weighted by Crippen LogP contribution is -2.39. The number of carbonyl (C=O) groups excluding carboxylic acids is 2. The first-order valence-electron chi connectivity index (χ1n) is 7.46. The van der Waals surface area contributed by atoms with Crippen molar-refractivity contribution in [2.24, 2.45) is 5.73 Å². The molecule has 9 heteroatoms. The first-order valence-corrected chi connectivity index (χ1v) is 7.46. The summed E-state index contributed by atoms with van der Waals surface area (Å²) in [7, 11) is 0. The summed E-state index contributed by atoms with van der Waals surface area (Å²) in [5.41, 5.74) is 8.20. The fourth-order valence-electron chi connectivity index (χ4n) is 2.68. The third kappa shape index (κ3) is 2.89. The number of carbonyl (C=O) groups is 2. The molecule has 1 aliphatic rings. The molecule has 0 atom stereocenters. The van der Waals surface area contributed by atoms with E-state index in [1.165, 1.54) is 4.90 Å². The van der Waals surface area contributed by atoms with Crippen molar-refractivity contribution >= 4 is 17.9 Å². The van der Waals surface area contributed by atoms with Crippen molar-refractivity contribution in [2.75, 3.05) is 11.9 Å². The monoisotopic (exact) mass is 317 g/mol. The summed E-state index contributed by atoms with van der Waals surface area (Å²) in [5, 5.41) is 7.00. The molecule has 4 N–H and O–H groups in total. The highest BCUT2D eigenvalue weighted by Gasteiger charge is 2.23. The van der Waals surface area contributed by atoms with Crippen LogP contribution in [-0.2, 0) is 19.5 Å². The SMILES string of the molecule is CCn1nc(C)cc1C(=O)Nc1nc2c([nH]1)CCN(C(N)=O)C2. The minimum atomic E-state index is -0.466. The Labute approximate surface area is 132 Å². The number of hydrogen-bond donors (Lipinski definition) is 3. The number of aromatic nitrogens is 4. The Bertz CT molecular complexity index is 761. The minimum Gasteiger partial charge on any atom is -0.351 e. The van der Waals surface area contributed by atoms with Crippen molar-refractivity contribution in [2.45, 2.75) is 33.4 Å². The average Bonchev–Trinajstić information content (AvgIpc) is 3.08. The van der Waals surface area contributed by atoms with E-state index in [2.05, 4.69) is 20.4 Å². The van der Waals surface area contributed by atoms with E-state index in [4.69, 9.17) is 5.73 Å². The van der Waals surface area contributed by atoms with Gasteiger partial charge in [0.25, 0.3) is 5.91 Å². The minimum absolute atomic E-state index is 0.273. The van der Waals surface area contributed by atoms with E-state index in [-0.39, 0.29) is 5.91 Å². The molecule has 3 amide bonds. The third-order valence-electron chi connectivity index (χ3n) is 3.81. The molecule has 2 aromatic rings. The molecule has 1 aliphatic heterocycles. The van der Waals surface area contributed by atoms with Crippen LogP contribution in [0.1, 0.15) is 34.5 Å². The number of imidazole rings is 1. The molecular formula is C14H19N7O2. The standard InChI is InChI=1S/C14H19N7O2/c1-3-21-11(6-8(2)19-21)12(22)18-14-16-9-4-5-20(13(15)23)7-10(9)17-14/h6H,3-5,7H2,1-2H3,(H2,15,23)(H2,16,17,18,22). The maximum atomic E-state index is 12.4. The zero-order valence-corrected chi connectivity index (χ0v) is 13.1. The number of H-pyrrole nitrogens is 1. The summed E-state index contributed by atoms with van der Waals surface area (Å²) in [6, 6.07) is 1.27. The number of hydrogen-bond acceptors (Lipinski definition) is 4. The molecule has 3 rings (SSSR count). The topological polar surface area (TPSA) is 122 Å². The maximum Gasteiger partial charge on any atom is 0.315 e. The van der Waals surface area contributed by atoms with Crippen molar-refractivity contribution in [1.29, 1.82) is 0 Å². The quantitative estimate of drug-likeness (QED) is 0.768. The smallest absolute Gasteiger partial charge is 0.315 e. The Morgan fingerprint density at radius 1 is 1.48 bits per heavy atom. The molecule has 0 radical (unpaired) electrons. The van der Waals surface area contributed by atoms with Crippen LogP contribution in [0, 0.1) is 6.92 Å². The van der Waals surface area contributed by atoms with Crippen molar-refractivity contribution in [3.63, 3.8) is 0 Å². The average molecular weight is 317 g/mol. The number of amides is 3. The third-order valence-corrected chi connectivity index (χ3v) is 3.81. The van der Waals surface area contributed by atoms with Gasteiger partial charge in [0, 0.05) is 25.2 Å². The first kappa shape index (κ1) is 15.1. The predicted molar refractivity (Wildman–Crippen MR) is 82.9 cm³/mol. The second-order valence-corrected chi connectivity index (χ2v) is 5.46. The van der Waals surface area contributed by atoms with Crippen molar-refractivity contribution < 1.29 is 9.59 Å². The maximum absolute atomic E-state index is 12.4. The molecule has 0 aliphatic carbocycles. The highest BCUT2D eigenvalue weighted by atomic mass is 16.2. The van der Waals surface area contributed by atoms with E-state index in [9.17, 15) is 9.59 Å². The summed E-state index contributed by atoms with van der Waals surface area (Å²) in [5.74, 6) is 0.0955. The molecule has 3 heterocycles. The van der Waals surface area contributed by atoms with Crippen LogP contribution in [0.25, 0.3) is 0 Å². The summed E-state index contributed by atoms with van der Waals surface area (Å²) in [6.07, 6.45) is 0.632. The van der Waals surface area contributed by atoms with Crippen LogP contribution in [0.15, 0.2) is 6.07 Å². The Balaban J connectivity index is 1.77. The molecule has 0 saturated carbocycles. The van der Waals surface area contributed by atoms with E-state index in [0.717, 1.165) is 17.1 Å². The Kier molecular flexibility index (Phi) is 3.77. The van der Waals surface area contributed by atoms with Crippen LogP contribution < -0.4 is 11.1 Å². The summed E-state index contributed by atoms with van der Waals surface area (Å²) < 4.78 is 1.64. The highest BCUT2D eigenvalue weighted by Crippen LogP contribution is 2.19. The van der Waals surface area contributed by atoms with E-state index in [1.807, 2.05) is 13.8 Å². The van der Waals surface area contributed by atoms with E-state index in [1.54, 1.807) is 10.7 Å². The normalized spacial score (nSPS) is 13.7. The van der Waals surface area contributed by atoms with Crippen LogP contribution >= 0.6 is 0 Å². The summed E-state index contributed by atoms with van der Waals surface area (Å²) in [6.45, 7) is 5.27. The molecule has 0 fully saturated rings. The van der Waals surface area contributed by atoms with Gasteiger partial charge >= 0.3 is 6.03 Å². The van der Waals surface area contributed by atoms with Gasteiger partial charge in [0.1, 0.15) is 5.69 Å². The largest absolute Gasteiger partial charge is 0.351 e. The van der Waals surface area contributed by atoms with Crippen LogP contribution in [0.3, 0.4) is 0 Å². The second-order valence-electron chi connectivity index (χ2n) is 5.46. The van der Waals surface area contributed by atoms with Gasteiger partial charge in [-0.25, -0.2) is 9.78 Å². The number of rotatable bonds is 3. The van der Waals surface area contributed by atoms with Gasteiger partial charge in [-0.1, -0.05) is 0 Å². The zero-order valence-electron chi connectivity index (χ0n) is 13.1. The number of nitrogens with zero attached hydrogens (tertiary/aromatic N) is 4. The van der Waals surface area contributed by atoms with Crippen LogP contribution in [0.5, 0.6) is 0 Å². The molecule has 2 aromatic heterocycles. The zero-order chi connectivity index (χ0) is 16.6. The number of aryl methyl sites for hydroxylation is 2. The second kappa shape index (κ2) is 5.75. The number of primary amides is 1. The van der Waals surface area contributed by atoms with Gasteiger partial charge in [-0.05, 0) is 19.9 Å². The number of urea groups is 1. The Hall–Kier alpha value is -2.84. The lowest BCUT2D eigenvalue weighted by atomic mass is 10.1. The Morgan fingerprint density at radius 3 is 2.96 bits per heavy atom. The molecule has 0 saturated heterocycles. The molecular weight excluding hydrogens is 298 g/mol.